The third-order valence-corrected chi connectivity index (χ3v) is 5.44. The first kappa shape index (κ1) is 15.6. The largest absolute Gasteiger partial charge is 0.299 e. The van der Waals surface area contributed by atoms with Gasteiger partial charge in [-0.05, 0) is 62.9 Å². The van der Waals surface area contributed by atoms with Crippen molar-refractivity contribution in [1.29, 1.82) is 0 Å². The molecule has 1 atom stereocenters. The van der Waals surface area contributed by atoms with Crippen LogP contribution in [-0.2, 0) is 9.52 Å². The maximum atomic E-state index is 12.1. The lowest BCUT2D eigenvalue weighted by molar-refractivity contribution is 0.685. The lowest BCUT2D eigenvalue weighted by Crippen LogP contribution is -1.96. The number of benzene rings is 1. The summed E-state index contributed by atoms with van der Waals surface area (Å²) in [6, 6.07) is 15.7. The second-order valence-corrected chi connectivity index (χ2v) is 8.54. The molecule has 1 unspecified atom stereocenters. The average Bonchev–Trinajstić information content (AvgIpc) is 3.05. The summed E-state index contributed by atoms with van der Waals surface area (Å²) in [5, 5.41) is 0. The highest BCUT2D eigenvalue weighted by molar-refractivity contribution is 7.99. The number of pyridine rings is 2. The van der Waals surface area contributed by atoms with Crippen molar-refractivity contribution in [3.8, 4) is 22.4 Å². The molecule has 0 aliphatic carbocycles. The SMILES string of the molecule is C=S(C)(=O)c1ccc(-c2cnc3ccc(-c4ccncc4)cn23)cc1. The van der Waals surface area contributed by atoms with Crippen molar-refractivity contribution in [1.82, 2.24) is 14.4 Å². The third-order valence-electron chi connectivity index (χ3n) is 4.17. The van der Waals surface area contributed by atoms with Crippen LogP contribution in [0.5, 0.6) is 0 Å². The fourth-order valence-corrected chi connectivity index (χ4v) is 3.53. The first-order valence-electron chi connectivity index (χ1n) is 7.82. The van der Waals surface area contributed by atoms with Crippen molar-refractivity contribution in [3.05, 3.63) is 73.3 Å². The van der Waals surface area contributed by atoms with Crippen LogP contribution in [0.2, 0.25) is 0 Å². The highest BCUT2D eigenvalue weighted by Gasteiger charge is 2.09. The van der Waals surface area contributed by atoms with Crippen molar-refractivity contribution >= 4 is 21.0 Å². The van der Waals surface area contributed by atoms with Crippen LogP contribution in [0.25, 0.3) is 28.0 Å². The Hall–Kier alpha value is -2.92. The van der Waals surface area contributed by atoms with Crippen molar-refractivity contribution in [2.45, 2.75) is 4.90 Å². The summed E-state index contributed by atoms with van der Waals surface area (Å²) in [6.07, 6.45) is 9.15. The molecule has 25 heavy (non-hydrogen) atoms. The molecular weight excluding hydrogens is 330 g/mol. The van der Waals surface area contributed by atoms with Gasteiger partial charge in [0.15, 0.2) is 0 Å². The second kappa shape index (κ2) is 5.86. The number of hydrogen-bond acceptors (Lipinski definition) is 3. The summed E-state index contributed by atoms with van der Waals surface area (Å²) < 4.78 is 14.1. The van der Waals surface area contributed by atoms with Gasteiger partial charge in [0.25, 0.3) is 0 Å². The Morgan fingerprint density at radius 1 is 0.920 bits per heavy atom. The predicted octanol–water partition coefficient (Wildman–Crippen LogP) is 3.77. The molecule has 0 saturated carbocycles. The van der Waals surface area contributed by atoms with Crippen LogP contribution in [0.4, 0.5) is 0 Å². The lowest BCUT2D eigenvalue weighted by atomic mass is 10.1. The van der Waals surface area contributed by atoms with Crippen molar-refractivity contribution in [2.75, 3.05) is 6.26 Å². The van der Waals surface area contributed by atoms with E-state index in [9.17, 15) is 4.21 Å². The molecule has 0 spiro atoms. The topological polar surface area (TPSA) is 47.3 Å². The van der Waals surface area contributed by atoms with Crippen molar-refractivity contribution in [2.24, 2.45) is 0 Å². The number of hydrogen-bond donors (Lipinski definition) is 0. The van der Waals surface area contributed by atoms with Crippen LogP contribution in [0.15, 0.2) is 78.2 Å². The maximum Gasteiger partial charge on any atom is 0.137 e. The van der Waals surface area contributed by atoms with Crippen LogP contribution in [0.3, 0.4) is 0 Å². The van der Waals surface area contributed by atoms with Gasteiger partial charge in [-0.1, -0.05) is 12.1 Å². The van der Waals surface area contributed by atoms with Gasteiger partial charge >= 0.3 is 0 Å². The molecule has 0 amide bonds. The minimum atomic E-state index is -2.20. The number of aromatic nitrogens is 3. The zero-order valence-corrected chi connectivity index (χ0v) is 14.6. The Balaban J connectivity index is 1.83. The van der Waals surface area contributed by atoms with Gasteiger partial charge in [0.2, 0.25) is 0 Å². The molecule has 0 bridgehead atoms. The standard InChI is InChI=1S/C20H17N3OS/c1-25(2,24)18-6-3-16(4-7-18)19-13-22-20-8-5-17(14-23(19)20)15-9-11-21-12-10-15/h3-14H,1H2,2H3. The van der Waals surface area contributed by atoms with Crippen LogP contribution in [0, 0.1) is 0 Å². The Kier molecular flexibility index (Phi) is 3.66. The normalized spacial score (nSPS) is 13.6. The summed E-state index contributed by atoms with van der Waals surface area (Å²) in [5.41, 5.74) is 5.10. The third kappa shape index (κ3) is 2.94. The van der Waals surface area contributed by atoms with Crippen LogP contribution in [0.1, 0.15) is 0 Å². The minimum Gasteiger partial charge on any atom is -0.299 e. The van der Waals surface area contributed by atoms with E-state index < -0.39 is 9.52 Å². The molecule has 4 nitrogen and oxygen atoms in total. The monoisotopic (exact) mass is 347 g/mol. The summed E-state index contributed by atoms with van der Waals surface area (Å²) >= 11 is 0. The number of rotatable bonds is 3. The highest BCUT2D eigenvalue weighted by Crippen LogP contribution is 2.25. The first-order chi connectivity index (χ1) is 12.0. The molecule has 124 valence electrons. The molecule has 0 aliphatic rings. The van der Waals surface area contributed by atoms with Gasteiger partial charge in [0.05, 0.1) is 11.9 Å². The molecular formula is C20H17N3OS. The van der Waals surface area contributed by atoms with E-state index in [0.717, 1.165) is 32.9 Å². The zero-order valence-electron chi connectivity index (χ0n) is 13.8. The zero-order chi connectivity index (χ0) is 17.4. The Morgan fingerprint density at radius 2 is 1.60 bits per heavy atom. The molecule has 3 aromatic heterocycles. The van der Waals surface area contributed by atoms with E-state index in [-0.39, 0.29) is 0 Å². The molecule has 5 heteroatoms. The quantitative estimate of drug-likeness (QED) is 0.530. The van der Waals surface area contributed by atoms with Gasteiger partial charge in [-0.25, -0.2) is 4.98 Å². The van der Waals surface area contributed by atoms with E-state index in [1.165, 1.54) is 0 Å². The Morgan fingerprint density at radius 3 is 2.28 bits per heavy atom. The lowest BCUT2D eigenvalue weighted by Gasteiger charge is -2.07. The molecule has 0 aliphatic heterocycles. The summed E-state index contributed by atoms with van der Waals surface area (Å²) in [6.45, 7) is 0. The van der Waals surface area contributed by atoms with Gasteiger partial charge in [0.1, 0.15) is 5.65 Å². The van der Waals surface area contributed by atoms with Crippen LogP contribution in [-0.4, -0.2) is 30.7 Å². The number of nitrogens with zero attached hydrogens (tertiary/aromatic N) is 3. The molecule has 3 heterocycles. The van der Waals surface area contributed by atoms with E-state index in [1.807, 2.05) is 48.7 Å². The van der Waals surface area contributed by atoms with E-state index in [0.29, 0.717) is 0 Å². The fraction of sp³-hybridized carbons (Fsp3) is 0.0500. The van der Waals surface area contributed by atoms with Crippen LogP contribution < -0.4 is 0 Å². The Bertz CT molecular complexity index is 1140. The van der Waals surface area contributed by atoms with Gasteiger partial charge in [-0.15, -0.1) is 0 Å². The summed E-state index contributed by atoms with van der Waals surface area (Å²) in [5.74, 6) is 3.73. The summed E-state index contributed by atoms with van der Waals surface area (Å²) in [7, 11) is -2.20. The molecule has 4 aromatic rings. The molecule has 0 radical (unpaired) electrons. The van der Waals surface area contributed by atoms with Crippen molar-refractivity contribution in [3.63, 3.8) is 0 Å². The molecule has 0 N–H and O–H groups in total. The van der Waals surface area contributed by atoms with Gasteiger partial charge in [-0.3, -0.25) is 13.6 Å². The molecule has 4 rings (SSSR count). The highest BCUT2D eigenvalue weighted by atomic mass is 32.2. The number of imidazole rings is 1. The first-order valence-corrected chi connectivity index (χ1v) is 9.96. The average molecular weight is 347 g/mol. The number of fused-ring (bicyclic) bond motifs is 1. The predicted molar refractivity (Wildman–Crippen MR) is 103 cm³/mol. The maximum absolute atomic E-state index is 12.1. The van der Waals surface area contributed by atoms with E-state index in [4.69, 9.17) is 0 Å². The molecule has 0 fully saturated rings. The fourth-order valence-electron chi connectivity index (χ4n) is 2.82. The van der Waals surface area contributed by atoms with E-state index in [2.05, 4.69) is 32.5 Å². The smallest absolute Gasteiger partial charge is 0.137 e. The van der Waals surface area contributed by atoms with Gasteiger partial charge < -0.3 is 0 Å². The van der Waals surface area contributed by atoms with E-state index >= 15 is 0 Å². The van der Waals surface area contributed by atoms with Crippen LogP contribution >= 0.6 is 0 Å². The van der Waals surface area contributed by atoms with Gasteiger partial charge in [0, 0.05) is 35.3 Å². The Labute approximate surface area is 146 Å². The molecule has 0 saturated heterocycles. The second-order valence-electron chi connectivity index (χ2n) is 6.05. The van der Waals surface area contributed by atoms with E-state index in [1.54, 1.807) is 18.6 Å². The van der Waals surface area contributed by atoms with Crippen molar-refractivity contribution < 1.29 is 4.21 Å². The minimum absolute atomic E-state index is 0.752. The molecule has 1 aromatic carbocycles. The summed E-state index contributed by atoms with van der Waals surface area (Å²) in [4.78, 5) is 9.30. The van der Waals surface area contributed by atoms with Gasteiger partial charge in [-0.2, -0.15) is 0 Å².